The number of carbonyl (C=O) groups excluding carboxylic acids is 1. The maximum atomic E-state index is 11.5. The molecule has 7 nitrogen and oxygen atoms in total. The van der Waals surface area contributed by atoms with Crippen molar-refractivity contribution in [2.24, 2.45) is 0 Å². The minimum atomic E-state index is -0.570. The zero-order valence-corrected chi connectivity index (χ0v) is 14.6. The van der Waals surface area contributed by atoms with E-state index in [1.54, 1.807) is 12.3 Å². The first-order chi connectivity index (χ1) is 13.2. The molecule has 2 aromatic heterocycles. The topological polar surface area (TPSA) is 106 Å². The molecule has 0 aliphatic rings. The number of ether oxygens (including phenoxy) is 1. The van der Waals surface area contributed by atoms with Crippen LogP contribution in [-0.2, 0) is 4.74 Å². The molecule has 0 aliphatic heterocycles. The van der Waals surface area contributed by atoms with E-state index in [1.165, 1.54) is 7.11 Å². The molecule has 27 heavy (non-hydrogen) atoms. The Morgan fingerprint density at radius 1 is 1.07 bits per heavy atom. The molecule has 1 amide bonds. The van der Waals surface area contributed by atoms with Crippen LogP contribution in [0.3, 0.4) is 0 Å². The second-order valence-corrected chi connectivity index (χ2v) is 5.97. The summed E-state index contributed by atoms with van der Waals surface area (Å²) < 4.78 is 4.62. The van der Waals surface area contributed by atoms with Crippen molar-refractivity contribution in [2.75, 3.05) is 18.2 Å². The lowest BCUT2D eigenvalue weighted by molar-refractivity contribution is 0.187. The molecule has 0 saturated heterocycles. The maximum absolute atomic E-state index is 11.5. The number of pyridine rings is 1. The first-order valence-corrected chi connectivity index (χ1v) is 8.30. The molecule has 0 spiro atoms. The summed E-state index contributed by atoms with van der Waals surface area (Å²) in [6.07, 6.45) is 1.06. The van der Waals surface area contributed by atoms with Gasteiger partial charge in [0, 0.05) is 17.1 Å². The molecule has 0 fully saturated rings. The number of nitrogen functional groups attached to an aromatic ring is 1. The van der Waals surface area contributed by atoms with E-state index in [0.717, 1.165) is 33.2 Å². The first-order valence-electron chi connectivity index (χ1n) is 8.30. The molecule has 4 N–H and O–H groups in total. The molecule has 7 heteroatoms. The lowest BCUT2D eigenvalue weighted by Gasteiger charge is -2.10. The number of methoxy groups -OCH3 is 1. The Morgan fingerprint density at radius 2 is 1.89 bits per heavy atom. The number of hydrogen-bond donors (Lipinski definition) is 3. The Kier molecular flexibility index (Phi) is 4.18. The summed E-state index contributed by atoms with van der Waals surface area (Å²) in [6, 6.07) is 17.7. The number of amides is 1. The van der Waals surface area contributed by atoms with Gasteiger partial charge in [-0.1, -0.05) is 30.3 Å². The largest absolute Gasteiger partial charge is 0.453 e. The van der Waals surface area contributed by atoms with Crippen LogP contribution in [0.1, 0.15) is 0 Å². The van der Waals surface area contributed by atoms with Crippen molar-refractivity contribution in [1.82, 2.24) is 15.2 Å². The molecule has 0 radical (unpaired) electrons. The van der Waals surface area contributed by atoms with E-state index in [4.69, 9.17) is 5.73 Å². The van der Waals surface area contributed by atoms with Gasteiger partial charge < -0.3 is 10.5 Å². The normalized spacial score (nSPS) is 10.7. The minimum absolute atomic E-state index is 0.404. The zero-order chi connectivity index (χ0) is 18.8. The molecule has 4 aromatic rings. The summed E-state index contributed by atoms with van der Waals surface area (Å²) in [4.78, 5) is 15.6. The van der Waals surface area contributed by atoms with E-state index in [0.29, 0.717) is 11.6 Å². The van der Waals surface area contributed by atoms with Crippen molar-refractivity contribution in [2.45, 2.75) is 0 Å². The highest BCUT2D eigenvalue weighted by Gasteiger charge is 2.13. The molecule has 2 heterocycles. The van der Waals surface area contributed by atoms with Crippen molar-refractivity contribution in [1.29, 1.82) is 0 Å². The number of rotatable bonds is 3. The summed E-state index contributed by atoms with van der Waals surface area (Å²) in [5.74, 6) is 0.840. The highest BCUT2D eigenvalue weighted by atomic mass is 16.5. The molecule has 4 rings (SSSR count). The van der Waals surface area contributed by atoms with Gasteiger partial charge in [0.25, 0.3) is 0 Å². The molecular weight excluding hydrogens is 342 g/mol. The van der Waals surface area contributed by atoms with Crippen molar-refractivity contribution in [3.8, 4) is 22.3 Å². The van der Waals surface area contributed by atoms with E-state index >= 15 is 0 Å². The van der Waals surface area contributed by atoms with Gasteiger partial charge in [0.2, 0.25) is 0 Å². The van der Waals surface area contributed by atoms with Gasteiger partial charge in [0.15, 0.2) is 5.82 Å². The standard InChI is InChI=1S/C20H17N5O2/c1-27-20(26)23-17-11-13(7-8-22-17)14-9-15(12-5-3-2-4-6-12)18-16(10-14)19(21)25-24-18/h2-11H,1H3,(H3,21,24,25)(H,22,23,26). The Bertz CT molecular complexity index is 1120. The van der Waals surface area contributed by atoms with Crippen LogP contribution in [0.4, 0.5) is 16.4 Å². The lowest BCUT2D eigenvalue weighted by atomic mass is 9.96. The Morgan fingerprint density at radius 3 is 2.67 bits per heavy atom. The summed E-state index contributed by atoms with van der Waals surface area (Å²) >= 11 is 0. The predicted octanol–water partition coefficient (Wildman–Crippen LogP) is 4.05. The quantitative estimate of drug-likeness (QED) is 0.512. The zero-order valence-electron chi connectivity index (χ0n) is 14.6. The molecule has 0 atom stereocenters. The Balaban J connectivity index is 1.87. The van der Waals surface area contributed by atoms with Gasteiger partial charge in [-0.25, -0.2) is 9.78 Å². The molecular formula is C20H17N5O2. The molecule has 0 unspecified atom stereocenters. The van der Waals surface area contributed by atoms with Crippen LogP contribution in [0, 0.1) is 0 Å². The van der Waals surface area contributed by atoms with Gasteiger partial charge in [0.05, 0.1) is 12.6 Å². The summed E-state index contributed by atoms with van der Waals surface area (Å²) in [6.45, 7) is 0. The van der Waals surface area contributed by atoms with Crippen LogP contribution < -0.4 is 11.1 Å². The predicted molar refractivity (Wildman–Crippen MR) is 105 cm³/mol. The number of H-pyrrole nitrogens is 1. The van der Waals surface area contributed by atoms with Crippen molar-refractivity contribution < 1.29 is 9.53 Å². The van der Waals surface area contributed by atoms with Gasteiger partial charge in [0.1, 0.15) is 5.82 Å². The molecule has 0 bridgehead atoms. The number of benzene rings is 2. The fourth-order valence-corrected chi connectivity index (χ4v) is 2.99. The van der Waals surface area contributed by atoms with Crippen molar-refractivity contribution in [3.63, 3.8) is 0 Å². The van der Waals surface area contributed by atoms with Crippen LogP contribution in [-0.4, -0.2) is 28.4 Å². The van der Waals surface area contributed by atoms with E-state index in [9.17, 15) is 4.79 Å². The molecule has 0 aliphatic carbocycles. The highest BCUT2D eigenvalue weighted by Crippen LogP contribution is 2.35. The third-order valence-corrected chi connectivity index (χ3v) is 4.30. The average Bonchev–Trinajstić information content (AvgIpc) is 3.09. The van der Waals surface area contributed by atoms with E-state index in [-0.39, 0.29) is 0 Å². The number of aromatic amines is 1. The second-order valence-electron chi connectivity index (χ2n) is 5.97. The minimum Gasteiger partial charge on any atom is -0.453 e. The first kappa shape index (κ1) is 16.6. The smallest absolute Gasteiger partial charge is 0.412 e. The van der Waals surface area contributed by atoms with Gasteiger partial charge in [-0.05, 0) is 41.0 Å². The molecule has 0 saturated carbocycles. The number of carbonyl (C=O) groups is 1. The maximum Gasteiger partial charge on any atom is 0.412 e. The van der Waals surface area contributed by atoms with Gasteiger partial charge in [-0.2, -0.15) is 5.10 Å². The summed E-state index contributed by atoms with van der Waals surface area (Å²) in [5, 5.41) is 10.6. The Hall–Kier alpha value is -3.87. The van der Waals surface area contributed by atoms with Crippen LogP contribution >= 0.6 is 0 Å². The summed E-state index contributed by atoms with van der Waals surface area (Å²) in [5.41, 5.74) is 10.8. The fourth-order valence-electron chi connectivity index (χ4n) is 2.99. The van der Waals surface area contributed by atoms with Crippen LogP contribution in [0.5, 0.6) is 0 Å². The van der Waals surface area contributed by atoms with Gasteiger partial charge in [-0.15, -0.1) is 0 Å². The lowest BCUT2D eigenvalue weighted by Crippen LogP contribution is -2.11. The monoisotopic (exact) mass is 359 g/mol. The third kappa shape index (κ3) is 3.18. The van der Waals surface area contributed by atoms with Gasteiger partial charge >= 0.3 is 6.09 Å². The number of anilines is 2. The van der Waals surface area contributed by atoms with E-state index in [2.05, 4.69) is 31.3 Å². The number of nitrogens with zero attached hydrogens (tertiary/aromatic N) is 2. The van der Waals surface area contributed by atoms with Crippen LogP contribution in [0.25, 0.3) is 33.2 Å². The van der Waals surface area contributed by atoms with Crippen LogP contribution in [0.15, 0.2) is 60.8 Å². The number of fused-ring (bicyclic) bond motifs is 1. The van der Waals surface area contributed by atoms with E-state index in [1.807, 2.05) is 42.5 Å². The van der Waals surface area contributed by atoms with Gasteiger partial charge in [-0.3, -0.25) is 10.4 Å². The number of aromatic nitrogens is 3. The molecule has 134 valence electrons. The SMILES string of the molecule is COC(=O)Nc1cc(-c2cc(-c3ccccc3)c3[nH]nc(N)c3c2)ccn1. The number of hydrogen-bond acceptors (Lipinski definition) is 5. The highest BCUT2D eigenvalue weighted by molar-refractivity contribution is 6.02. The Labute approximate surface area is 155 Å². The summed E-state index contributed by atoms with van der Waals surface area (Å²) in [7, 11) is 1.31. The third-order valence-electron chi connectivity index (χ3n) is 4.30. The van der Waals surface area contributed by atoms with Crippen molar-refractivity contribution in [3.05, 3.63) is 60.8 Å². The van der Waals surface area contributed by atoms with Crippen LogP contribution in [0.2, 0.25) is 0 Å². The van der Waals surface area contributed by atoms with Crippen molar-refractivity contribution >= 4 is 28.6 Å². The number of nitrogens with two attached hydrogens (primary N) is 1. The fraction of sp³-hybridized carbons (Fsp3) is 0.0500. The van der Waals surface area contributed by atoms with E-state index < -0.39 is 6.09 Å². The number of nitrogens with one attached hydrogen (secondary N) is 2. The second kappa shape index (κ2) is 6.80. The molecule has 2 aromatic carbocycles. The average molecular weight is 359 g/mol.